The first kappa shape index (κ1) is 15.5. The molecule has 1 aliphatic carbocycles. The number of nitrogens with zero attached hydrogens (tertiary/aromatic N) is 3. The molecule has 122 valence electrons. The van der Waals surface area contributed by atoms with Crippen molar-refractivity contribution in [3.63, 3.8) is 0 Å². The predicted octanol–water partition coefficient (Wildman–Crippen LogP) is 1.99. The van der Waals surface area contributed by atoms with Gasteiger partial charge >= 0.3 is 0 Å². The largest absolute Gasteiger partial charge is 0.389 e. The summed E-state index contributed by atoms with van der Waals surface area (Å²) in [6.07, 6.45) is 11.0. The van der Waals surface area contributed by atoms with E-state index in [1.807, 2.05) is 24.3 Å². The number of amides is 1. The van der Waals surface area contributed by atoms with E-state index in [-0.39, 0.29) is 12.3 Å². The first-order valence-corrected chi connectivity index (χ1v) is 8.52. The summed E-state index contributed by atoms with van der Waals surface area (Å²) in [5, 5.41) is 10.5. The fraction of sp³-hybridized carbons (Fsp3) is 0.765. The van der Waals surface area contributed by atoms with Gasteiger partial charge in [-0.3, -0.25) is 4.79 Å². The van der Waals surface area contributed by atoms with Crippen molar-refractivity contribution in [2.24, 2.45) is 5.92 Å². The Morgan fingerprint density at radius 2 is 2.23 bits per heavy atom. The number of fused-ring (bicyclic) bond motifs is 1. The maximum atomic E-state index is 12.4. The number of hydrogen-bond donors (Lipinski definition) is 1. The van der Waals surface area contributed by atoms with Crippen LogP contribution in [0, 0.1) is 5.92 Å². The molecule has 1 unspecified atom stereocenters. The molecule has 3 rings (SSSR count). The van der Waals surface area contributed by atoms with Crippen molar-refractivity contribution in [2.45, 2.75) is 63.5 Å². The molecular formula is C17H27N3O2. The molecule has 1 aromatic heterocycles. The highest BCUT2D eigenvalue weighted by Gasteiger charge is 2.33. The fourth-order valence-corrected chi connectivity index (χ4v) is 3.86. The van der Waals surface area contributed by atoms with E-state index in [1.54, 1.807) is 0 Å². The van der Waals surface area contributed by atoms with Gasteiger partial charge in [-0.15, -0.1) is 0 Å². The fourth-order valence-electron chi connectivity index (χ4n) is 3.86. The molecule has 0 saturated heterocycles. The predicted molar refractivity (Wildman–Crippen MR) is 84.3 cm³/mol. The van der Waals surface area contributed by atoms with Crippen molar-refractivity contribution in [2.75, 3.05) is 13.6 Å². The van der Waals surface area contributed by atoms with E-state index < -0.39 is 5.60 Å². The third kappa shape index (κ3) is 3.51. The Balaban J connectivity index is 1.51. The molecule has 0 aromatic carbocycles. The van der Waals surface area contributed by atoms with Gasteiger partial charge in [-0.05, 0) is 25.2 Å². The van der Waals surface area contributed by atoms with Gasteiger partial charge in [0, 0.05) is 39.0 Å². The van der Waals surface area contributed by atoms with E-state index in [0.29, 0.717) is 5.92 Å². The molecule has 1 aliphatic heterocycles. The van der Waals surface area contributed by atoms with Gasteiger partial charge in [0.2, 0.25) is 5.91 Å². The SMILES string of the molecule is CN(CC1CCn2ccnc2C1)C(=O)CC1(O)CCCCC1. The lowest BCUT2D eigenvalue weighted by atomic mass is 9.82. The molecule has 1 atom stereocenters. The van der Waals surface area contributed by atoms with E-state index in [1.165, 1.54) is 6.42 Å². The third-order valence-corrected chi connectivity index (χ3v) is 5.27. The molecule has 2 aliphatic rings. The van der Waals surface area contributed by atoms with Gasteiger partial charge in [-0.25, -0.2) is 4.98 Å². The van der Waals surface area contributed by atoms with Crippen LogP contribution in [-0.4, -0.2) is 44.7 Å². The highest BCUT2D eigenvalue weighted by Crippen LogP contribution is 2.31. The second-order valence-corrected chi connectivity index (χ2v) is 7.13. The number of carbonyl (C=O) groups excluding carboxylic acids is 1. The Hall–Kier alpha value is -1.36. The molecule has 5 heteroatoms. The maximum absolute atomic E-state index is 12.4. The molecular weight excluding hydrogens is 278 g/mol. The zero-order valence-corrected chi connectivity index (χ0v) is 13.5. The Morgan fingerprint density at radius 1 is 1.45 bits per heavy atom. The first-order chi connectivity index (χ1) is 10.6. The molecule has 1 aromatic rings. The van der Waals surface area contributed by atoms with Gasteiger partial charge in [0.05, 0.1) is 12.0 Å². The summed E-state index contributed by atoms with van der Waals surface area (Å²) < 4.78 is 2.20. The normalized spacial score (nSPS) is 23.8. The standard InChI is InChI=1S/C17H27N3O2/c1-19(16(21)12-17(22)6-3-2-4-7-17)13-14-5-9-20-10-8-18-15(20)11-14/h8,10,14,22H,2-7,9,11-13H2,1H3. The monoisotopic (exact) mass is 305 g/mol. The number of rotatable bonds is 4. The topological polar surface area (TPSA) is 58.4 Å². The summed E-state index contributed by atoms with van der Waals surface area (Å²) in [6, 6.07) is 0. The second-order valence-electron chi connectivity index (χ2n) is 7.13. The Bertz CT molecular complexity index is 520. The van der Waals surface area contributed by atoms with Crippen molar-refractivity contribution in [3.8, 4) is 0 Å². The van der Waals surface area contributed by atoms with Gasteiger partial charge in [-0.2, -0.15) is 0 Å². The minimum atomic E-state index is -0.758. The molecule has 1 amide bonds. The van der Waals surface area contributed by atoms with Gasteiger partial charge in [-0.1, -0.05) is 19.3 Å². The Kier molecular flexibility index (Phi) is 4.52. The summed E-state index contributed by atoms with van der Waals surface area (Å²) in [6.45, 7) is 1.76. The minimum Gasteiger partial charge on any atom is -0.389 e. The van der Waals surface area contributed by atoms with Crippen LogP contribution in [-0.2, 0) is 17.8 Å². The lowest BCUT2D eigenvalue weighted by Gasteiger charge is -2.34. The van der Waals surface area contributed by atoms with E-state index in [9.17, 15) is 9.90 Å². The van der Waals surface area contributed by atoms with Crippen LogP contribution in [0.25, 0.3) is 0 Å². The highest BCUT2D eigenvalue weighted by molar-refractivity contribution is 5.77. The molecule has 22 heavy (non-hydrogen) atoms. The van der Waals surface area contributed by atoms with Crippen LogP contribution in [0.4, 0.5) is 0 Å². The minimum absolute atomic E-state index is 0.0818. The molecule has 1 N–H and O–H groups in total. The number of aromatic nitrogens is 2. The summed E-state index contributed by atoms with van der Waals surface area (Å²) >= 11 is 0. The smallest absolute Gasteiger partial charge is 0.225 e. The molecule has 5 nitrogen and oxygen atoms in total. The number of carbonyl (C=O) groups is 1. The average Bonchev–Trinajstić information content (AvgIpc) is 2.95. The van der Waals surface area contributed by atoms with Gasteiger partial charge < -0.3 is 14.6 Å². The van der Waals surface area contributed by atoms with Crippen molar-refractivity contribution in [1.29, 1.82) is 0 Å². The van der Waals surface area contributed by atoms with Crippen LogP contribution in [0.15, 0.2) is 12.4 Å². The summed E-state index contributed by atoms with van der Waals surface area (Å²) in [4.78, 5) is 18.6. The lowest BCUT2D eigenvalue weighted by Crippen LogP contribution is -2.41. The highest BCUT2D eigenvalue weighted by atomic mass is 16.3. The molecule has 2 heterocycles. The number of aryl methyl sites for hydroxylation is 1. The number of imidazole rings is 1. The quantitative estimate of drug-likeness (QED) is 0.925. The zero-order chi connectivity index (χ0) is 15.6. The van der Waals surface area contributed by atoms with E-state index in [0.717, 1.165) is 57.4 Å². The van der Waals surface area contributed by atoms with E-state index in [4.69, 9.17) is 0 Å². The third-order valence-electron chi connectivity index (χ3n) is 5.27. The van der Waals surface area contributed by atoms with Crippen LogP contribution >= 0.6 is 0 Å². The van der Waals surface area contributed by atoms with Crippen molar-refractivity contribution < 1.29 is 9.90 Å². The van der Waals surface area contributed by atoms with Crippen molar-refractivity contribution >= 4 is 5.91 Å². The first-order valence-electron chi connectivity index (χ1n) is 8.52. The molecule has 1 saturated carbocycles. The van der Waals surface area contributed by atoms with Gasteiger partial charge in [0.25, 0.3) is 0 Å². The lowest BCUT2D eigenvalue weighted by molar-refractivity contribution is -0.137. The second kappa shape index (κ2) is 6.41. The van der Waals surface area contributed by atoms with Crippen LogP contribution in [0.5, 0.6) is 0 Å². The average molecular weight is 305 g/mol. The molecule has 0 radical (unpaired) electrons. The molecule has 1 fully saturated rings. The summed E-state index contributed by atoms with van der Waals surface area (Å²) in [7, 11) is 1.87. The number of hydrogen-bond acceptors (Lipinski definition) is 3. The Morgan fingerprint density at radius 3 is 3.00 bits per heavy atom. The zero-order valence-electron chi connectivity index (χ0n) is 13.5. The van der Waals surface area contributed by atoms with Crippen LogP contribution in [0.2, 0.25) is 0 Å². The van der Waals surface area contributed by atoms with Crippen molar-refractivity contribution in [3.05, 3.63) is 18.2 Å². The van der Waals surface area contributed by atoms with E-state index >= 15 is 0 Å². The Labute approximate surface area is 132 Å². The molecule has 0 bridgehead atoms. The number of aliphatic hydroxyl groups is 1. The van der Waals surface area contributed by atoms with Gasteiger partial charge in [0.1, 0.15) is 5.82 Å². The summed E-state index contributed by atoms with van der Waals surface area (Å²) in [5.41, 5.74) is -0.758. The van der Waals surface area contributed by atoms with E-state index in [2.05, 4.69) is 9.55 Å². The summed E-state index contributed by atoms with van der Waals surface area (Å²) in [5.74, 6) is 1.69. The van der Waals surface area contributed by atoms with Gasteiger partial charge in [0.15, 0.2) is 0 Å². The van der Waals surface area contributed by atoms with Crippen LogP contribution in [0.3, 0.4) is 0 Å². The van der Waals surface area contributed by atoms with Crippen molar-refractivity contribution in [1.82, 2.24) is 14.5 Å². The molecule has 0 spiro atoms. The maximum Gasteiger partial charge on any atom is 0.225 e. The van der Waals surface area contributed by atoms with Crippen LogP contribution < -0.4 is 0 Å². The van der Waals surface area contributed by atoms with Crippen LogP contribution in [0.1, 0.15) is 50.8 Å².